The maximum atomic E-state index is 11.3. The molecule has 0 bridgehead atoms. The Morgan fingerprint density at radius 2 is 1.78 bits per heavy atom. The Balaban J connectivity index is -0.000000495. The largest absolute Gasteiger partial charge is 0.480 e. The topological polar surface area (TPSA) is 166 Å². The fourth-order valence-corrected chi connectivity index (χ4v) is 2.72. The summed E-state index contributed by atoms with van der Waals surface area (Å²) in [5, 5.41) is 16.6. The van der Waals surface area contributed by atoms with Crippen LogP contribution in [-0.2, 0) is 23.4 Å². The zero-order valence-electron chi connectivity index (χ0n) is 16.9. The summed E-state index contributed by atoms with van der Waals surface area (Å²) in [6.45, 7) is 0.457. The maximum absolute atomic E-state index is 11.3. The summed E-state index contributed by atoms with van der Waals surface area (Å²) in [4.78, 5) is 38.9. The molecule has 0 aromatic heterocycles. The molecule has 11 nitrogen and oxygen atoms in total. The van der Waals surface area contributed by atoms with Crippen molar-refractivity contribution < 1.29 is 38.3 Å². The average molecular weight is 1000 g/mol. The molecule has 0 aliphatic carbocycles. The van der Waals surface area contributed by atoms with E-state index in [1.165, 1.54) is 0 Å². The molecule has 1 unspecified atom stereocenters. The van der Waals surface area contributed by atoms with Gasteiger partial charge >= 0.3 is 13.8 Å². The fraction of sp³-hybridized carbons (Fsp3) is 0.500. The van der Waals surface area contributed by atoms with Gasteiger partial charge in [0.05, 0.1) is 19.3 Å². The van der Waals surface area contributed by atoms with Crippen LogP contribution in [0.25, 0.3) is 0 Å². The van der Waals surface area contributed by atoms with E-state index in [-0.39, 0.29) is 25.7 Å². The Hall–Kier alpha value is -3.31. The zero-order chi connectivity index (χ0) is 23.0. The third-order valence-electron chi connectivity index (χ3n) is 3.20. The van der Waals surface area contributed by atoms with Crippen LogP contribution in [0, 0.1) is 0 Å². The SMILES string of the molecule is CNC(CS)C(=O)NCCOP(=O)(O)O.O=C(O)COCCNc1ccccc1S.[Fm].[Fm]. The Morgan fingerprint density at radius 1 is 1.16 bits per heavy atom. The number of carboxylic acid groups (broad SMARTS) is 1. The number of ether oxygens (including phenoxy) is 1. The molecule has 1 aromatic rings. The van der Waals surface area contributed by atoms with Crippen molar-refractivity contribution >= 4 is 50.6 Å². The van der Waals surface area contributed by atoms with E-state index in [9.17, 15) is 14.2 Å². The van der Waals surface area contributed by atoms with Gasteiger partial charge in [-0.3, -0.25) is 9.32 Å². The van der Waals surface area contributed by atoms with Crippen LogP contribution >= 0.6 is 33.1 Å². The number of nitrogens with one attached hydrogen (secondary N) is 3. The number of rotatable bonds is 13. The average Bonchev–Trinajstić information content (AvgIpc) is 2.67. The van der Waals surface area contributed by atoms with Crippen LogP contribution in [0.1, 0.15) is 0 Å². The van der Waals surface area contributed by atoms with E-state index in [1.54, 1.807) is 7.05 Å². The molecular weight excluding hydrogens is 971 g/mol. The van der Waals surface area contributed by atoms with Crippen molar-refractivity contribution in [3.8, 4) is 0 Å². The number of likely N-dealkylation sites (N-methyl/N-ethyl adjacent to an activating group) is 1. The molecule has 1 rings (SSSR count). The molecule has 0 saturated heterocycles. The van der Waals surface area contributed by atoms with Crippen molar-refractivity contribution in [2.45, 2.75) is 10.9 Å². The first-order chi connectivity index (χ1) is 14.1. The molecule has 6 N–H and O–H groups in total. The Labute approximate surface area is 186 Å². The number of phosphoric acid groups is 1. The number of carboxylic acids is 1. The summed E-state index contributed by atoms with van der Waals surface area (Å²) >= 11 is 8.21. The molecule has 1 aromatic carbocycles. The predicted octanol–water partition coefficient (Wildman–Crippen LogP) is 0.218. The van der Waals surface area contributed by atoms with E-state index in [2.05, 4.69) is 45.7 Å². The molecule has 0 spiro atoms. The first-order valence-electron chi connectivity index (χ1n) is 8.68. The molecule has 0 heterocycles. The summed E-state index contributed by atoms with van der Waals surface area (Å²) < 4.78 is 19.3. The molecule has 16 heteroatoms. The number of carbonyl (C=O) groups excluding carboxylic acids is 1. The smallest absolute Gasteiger partial charge is 0.469 e. The normalized spacial score (nSPS) is 11.0. The standard InChI is InChI=1S/C10H13NO3S.C6H15N2O5PS.2Fm/c12-10(13)7-14-6-5-11-8-3-1-2-4-9(8)15;1-7-5(4-15)6(9)8-2-3-13-14(10,11)12;;/h1-4,11,15H,5-7H2,(H,12,13);5,7,15H,2-4H2,1H3,(H,8,9)(H2,10,11,12);;. The predicted molar refractivity (Wildman–Crippen MR) is 118 cm³/mol. The molecular formula is C16H28Fm2N3O8PS2. The second-order valence-corrected chi connectivity index (χ2v) is 7.62. The number of carbonyl (C=O) groups is 2. The number of para-hydroxylation sites is 1. The van der Waals surface area contributed by atoms with Crippen molar-refractivity contribution in [2.24, 2.45) is 0 Å². The van der Waals surface area contributed by atoms with E-state index < -0.39 is 19.8 Å². The second kappa shape index (κ2) is 18.5. The van der Waals surface area contributed by atoms with Gasteiger partial charge in [-0.15, -0.1) is 12.6 Å². The van der Waals surface area contributed by atoms with Crippen LogP contribution in [0.2, 0.25) is 0 Å². The summed E-state index contributed by atoms with van der Waals surface area (Å²) in [6, 6.07) is 7.15. The number of thiol groups is 2. The molecule has 1 atom stereocenters. The van der Waals surface area contributed by atoms with E-state index in [0.29, 0.717) is 18.9 Å². The third kappa shape index (κ3) is 17.5. The van der Waals surface area contributed by atoms with Crippen LogP contribution in [0.3, 0.4) is 0 Å². The van der Waals surface area contributed by atoms with Gasteiger partial charge in [-0.05, 0) is 19.2 Å². The minimum Gasteiger partial charge on any atom is -0.480 e. The van der Waals surface area contributed by atoms with Crippen molar-refractivity contribution in [3.05, 3.63) is 24.3 Å². The summed E-state index contributed by atoms with van der Waals surface area (Å²) in [6.07, 6.45) is 0. The number of hydrogen-bond acceptors (Lipinski definition) is 9. The fourth-order valence-electron chi connectivity index (χ4n) is 1.81. The van der Waals surface area contributed by atoms with E-state index >= 15 is 0 Å². The van der Waals surface area contributed by atoms with Gasteiger partial charge in [0.25, 0.3) is 0 Å². The zero-order valence-corrected chi connectivity index (χ0v) is 24.4. The van der Waals surface area contributed by atoms with Gasteiger partial charge in [0.1, 0.15) is 6.61 Å². The molecule has 0 aliphatic heterocycles. The van der Waals surface area contributed by atoms with Crippen LogP contribution in [-0.4, -0.2) is 78.5 Å². The number of benzene rings is 1. The Morgan fingerprint density at radius 3 is 2.28 bits per heavy atom. The van der Waals surface area contributed by atoms with Gasteiger partial charge in [0, 0.05) is 29.4 Å². The Kier molecular flexibility index (Phi) is 19.2. The van der Waals surface area contributed by atoms with Gasteiger partial charge in [0.15, 0.2) is 0 Å². The molecule has 196 valence electrons. The van der Waals surface area contributed by atoms with Crippen molar-refractivity contribution in [2.75, 3.05) is 51.0 Å². The minimum atomic E-state index is -4.45. The minimum absolute atomic E-state index is 0. The van der Waals surface area contributed by atoms with Crippen LogP contribution in [0.4, 0.5) is 5.69 Å². The molecule has 1 amide bonds. The number of phosphoric ester groups is 1. The monoisotopic (exact) mass is 999 g/mol. The number of anilines is 1. The van der Waals surface area contributed by atoms with E-state index in [0.717, 1.165) is 10.6 Å². The van der Waals surface area contributed by atoms with Gasteiger partial charge in [-0.2, -0.15) is 12.6 Å². The van der Waals surface area contributed by atoms with Gasteiger partial charge in [-0.1, -0.05) is 12.1 Å². The molecule has 0 fully saturated rings. The van der Waals surface area contributed by atoms with Crippen LogP contribution in [0.15, 0.2) is 29.2 Å². The van der Waals surface area contributed by atoms with E-state index in [4.69, 9.17) is 19.6 Å². The number of hydrogen-bond donors (Lipinski definition) is 8. The molecule has 0 saturated carbocycles. The molecule has 0 radical (unpaired) electrons. The summed E-state index contributed by atoms with van der Waals surface area (Å²) in [7, 11) is -2.83. The van der Waals surface area contributed by atoms with Crippen molar-refractivity contribution in [3.63, 3.8) is 0 Å². The molecule has 0 aliphatic rings. The summed E-state index contributed by atoms with van der Waals surface area (Å²) in [5.41, 5.74) is 0.916. The maximum Gasteiger partial charge on any atom is 0.469 e. The van der Waals surface area contributed by atoms with Gasteiger partial charge < -0.3 is 35.6 Å². The van der Waals surface area contributed by atoms with Gasteiger partial charge in [-0.25, -0.2) is 9.36 Å². The third-order valence-corrected chi connectivity index (χ3v) is 4.47. The van der Waals surface area contributed by atoms with Crippen molar-refractivity contribution in [1.82, 2.24) is 10.6 Å². The molecule has 32 heavy (non-hydrogen) atoms. The first-order valence-corrected chi connectivity index (χ1v) is 11.3. The van der Waals surface area contributed by atoms with Crippen LogP contribution < -0.4 is 16.0 Å². The first kappa shape index (κ1) is 33.3. The number of amides is 1. The summed E-state index contributed by atoms with van der Waals surface area (Å²) in [5.74, 6) is -0.909. The van der Waals surface area contributed by atoms with Gasteiger partial charge in [0.2, 0.25) is 5.91 Å². The Bertz CT molecular complexity index is 699. The second-order valence-electron chi connectivity index (χ2n) is 5.53. The van der Waals surface area contributed by atoms with Crippen LogP contribution in [0.5, 0.6) is 0 Å². The van der Waals surface area contributed by atoms with E-state index in [1.807, 2.05) is 24.3 Å². The van der Waals surface area contributed by atoms with Crippen molar-refractivity contribution in [1.29, 1.82) is 0 Å². The quantitative estimate of drug-likeness (QED) is 0.0780. The number of aliphatic carboxylic acids is 1.